The Labute approximate surface area is 128 Å². The molecule has 0 unspecified atom stereocenters. The van der Waals surface area contributed by atoms with Crippen molar-refractivity contribution in [1.29, 1.82) is 0 Å². The van der Waals surface area contributed by atoms with Gasteiger partial charge < -0.3 is 14.2 Å². The number of hydrogen-bond donors (Lipinski definition) is 0. The molecule has 1 saturated carbocycles. The van der Waals surface area contributed by atoms with Gasteiger partial charge in [0, 0.05) is 12.8 Å². The molecular formula is C17H18O5. The van der Waals surface area contributed by atoms with Crippen LogP contribution in [0.4, 0.5) is 0 Å². The first kappa shape index (κ1) is 14.6. The lowest BCUT2D eigenvalue weighted by Crippen LogP contribution is -2.44. The minimum Gasteiger partial charge on any atom is -0.496 e. The molecule has 0 bridgehead atoms. The molecule has 1 heterocycles. The van der Waals surface area contributed by atoms with Crippen LogP contribution in [-0.2, 0) is 19.1 Å². The Morgan fingerprint density at radius 2 is 1.77 bits per heavy atom. The van der Waals surface area contributed by atoms with Crippen LogP contribution in [0, 0.1) is 6.92 Å². The van der Waals surface area contributed by atoms with Crippen molar-refractivity contribution in [1.82, 2.24) is 0 Å². The lowest BCUT2D eigenvalue weighted by Gasteiger charge is -2.32. The van der Waals surface area contributed by atoms with E-state index in [1.54, 1.807) is 13.2 Å². The monoisotopic (exact) mass is 302 g/mol. The van der Waals surface area contributed by atoms with Gasteiger partial charge in [-0.2, -0.15) is 0 Å². The smallest absolute Gasteiger partial charge is 0.348 e. The zero-order chi connectivity index (χ0) is 15.7. The topological polar surface area (TPSA) is 61.8 Å². The molecule has 116 valence electrons. The number of hydrogen-bond acceptors (Lipinski definition) is 5. The second kappa shape index (κ2) is 5.48. The van der Waals surface area contributed by atoms with Crippen LogP contribution in [0.5, 0.6) is 5.75 Å². The van der Waals surface area contributed by atoms with Gasteiger partial charge in [0.1, 0.15) is 11.3 Å². The Bertz CT molecular complexity index is 631. The van der Waals surface area contributed by atoms with Crippen molar-refractivity contribution >= 4 is 18.0 Å². The van der Waals surface area contributed by atoms with Gasteiger partial charge in [-0.15, -0.1) is 0 Å². The van der Waals surface area contributed by atoms with E-state index in [1.807, 2.05) is 19.1 Å². The highest BCUT2D eigenvalue weighted by atomic mass is 16.7. The van der Waals surface area contributed by atoms with E-state index in [0.717, 1.165) is 18.4 Å². The molecular weight excluding hydrogens is 284 g/mol. The summed E-state index contributed by atoms with van der Waals surface area (Å²) in [5.41, 5.74) is 1.58. The summed E-state index contributed by atoms with van der Waals surface area (Å²) >= 11 is 0. The third-order valence-corrected chi connectivity index (χ3v) is 4.11. The molecule has 0 atom stereocenters. The van der Waals surface area contributed by atoms with Crippen molar-refractivity contribution < 1.29 is 23.8 Å². The van der Waals surface area contributed by atoms with Gasteiger partial charge in [-0.25, -0.2) is 9.59 Å². The van der Waals surface area contributed by atoms with Gasteiger partial charge >= 0.3 is 11.9 Å². The molecule has 22 heavy (non-hydrogen) atoms. The summed E-state index contributed by atoms with van der Waals surface area (Å²) in [5.74, 6) is -1.56. The van der Waals surface area contributed by atoms with E-state index >= 15 is 0 Å². The summed E-state index contributed by atoms with van der Waals surface area (Å²) in [6.45, 7) is 1.92. The average Bonchev–Trinajstić information content (AvgIpc) is 2.92. The first-order valence-electron chi connectivity index (χ1n) is 7.36. The third-order valence-electron chi connectivity index (χ3n) is 4.11. The Morgan fingerprint density at radius 3 is 2.36 bits per heavy atom. The van der Waals surface area contributed by atoms with Crippen LogP contribution >= 0.6 is 0 Å². The summed E-state index contributed by atoms with van der Waals surface area (Å²) in [6, 6.07) is 5.44. The van der Waals surface area contributed by atoms with Gasteiger partial charge in [-0.3, -0.25) is 0 Å². The summed E-state index contributed by atoms with van der Waals surface area (Å²) in [6.07, 6.45) is 4.43. The van der Waals surface area contributed by atoms with Gasteiger partial charge in [0.25, 0.3) is 5.79 Å². The van der Waals surface area contributed by atoms with E-state index < -0.39 is 17.7 Å². The highest BCUT2D eigenvalue weighted by molar-refractivity contribution is 6.18. The lowest BCUT2D eigenvalue weighted by molar-refractivity contribution is -0.232. The van der Waals surface area contributed by atoms with Crippen molar-refractivity contribution in [2.45, 2.75) is 38.4 Å². The largest absolute Gasteiger partial charge is 0.496 e. The zero-order valence-electron chi connectivity index (χ0n) is 12.7. The Kier molecular flexibility index (Phi) is 3.64. The fraction of sp³-hybridized carbons (Fsp3) is 0.412. The van der Waals surface area contributed by atoms with E-state index in [1.165, 1.54) is 6.08 Å². The Morgan fingerprint density at radius 1 is 1.14 bits per heavy atom. The van der Waals surface area contributed by atoms with Crippen molar-refractivity contribution in [3.8, 4) is 5.75 Å². The predicted molar refractivity (Wildman–Crippen MR) is 79.1 cm³/mol. The SMILES string of the molecule is COc1cc(C=C2C(=O)OC3(CCCC3)OC2=O)ccc1C. The second-order valence-corrected chi connectivity index (χ2v) is 5.68. The molecule has 1 aliphatic carbocycles. The summed E-state index contributed by atoms with van der Waals surface area (Å²) < 4.78 is 16.0. The van der Waals surface area contributed by atoms with Crippen molar-refractivity contribution in [2.24, 2.45) is 0 Å². The summed E-state index contributed by atoms with van der Waals surface area (Å²) in [7, 11) is 1.58. The van der Waals surface area contributed by atoms with Gasteiger partial charge in [-0.1, -0.05) is 12.1 Å². The van der Waals surface area contributed by atoms with Gasteiger partial charge in [0.15, 0.2) is 0 Å². The number of carbonyl (C=O) groups excluding carboxylic acids is 2. The van der Waals surface area contributed by atoms with Crippen molar-refractivity contribution in [3.63, 3.8) is 0 Å². The molecule has 1 aromatic carbocycles. The molecule has 3 rings (SSSR count). The number of esters is 2. The average molecular weight is 302 g/mol. The van der Waals surface area contributed by atoms with Gasteiger partial charge in [0.05, 0.1) is 7.11 Å². The molecule has 1 aliphatic heterocycles. The number of benzene rings is 1. The fourth-order valence-electron chi connectivity index (χ4n) is 2.88. The molecule has 2 aliphatic rings. The van der Waals surface area contributed by atoms with E-state index in [4.69, 9.17) is 14.2 Å². The number of aryl methyl sites for hydroxylation is 1. The van der Waals surface area contributed by atoms with E-state index in [9.17, 15) is 9.59 Å². The van der Waals surface area contributed by atoms with Crippen LogP contribution in [0.3, 0.4) is 0 Å². The molecule has 5 heteroatoms. The van der Waals surface area contributed by atoms with Crippen LogP contribution in [0.2, 0.25) is 0 Å². The molecule has 0 aromatic heterocycles. The van der Waals surface area contributed by atoms with Gasteiger partial charge in [0.2, 0.25) is 0 Å². The molecule has 0 radical (unpaired) electrons. The van der Waals surface area contributed by atoms with Crippen LogP contribution in [0.1, 0.15) is 36.8 Å². The van der Waals surface area contributed by atoms with Crippen LogP contribution in [0.15, 0.2) is 23.8 Å². The van der Waals surface area contributed by atoms with Gasteiger partial charge in [-0.05, 0) is 43.0 Å². The third kappa shape index (κ3) is 2.58. The molecule has 1 spiro atoms. The predicted octanol–water partition coefficient (Wildman–Crippen LogP) is 2.76. The number of carbonyl (C=O) groups is 2. The number of rotatable bonds is 2. The molecule has 1 aromatic rings. The molecule has 0 N–H and O–H groups in total. The standard InChI is InChI=1S/C17H18O5/c1-11-5-6-12(10-14(11)20-2)9-13-15(18)21-17(22-16(13)19)7-3-4-8-17/h5-6,9-10H,3-4,7-8H2,1-2H3. The zero-order valence-corrected chi connectivity index (χ0v) is 12.7. The van der Waals surface area contributed by atoms with Crippen molar-refractivity contribution in [3.05, 3.63) is 34.9 Å². The highest BCUT2D eigenvalue weighted by Crippen LogP contribution is 2.38. The normalized spacial score (nSPS) is 19.8. The molecule has 2 fully saturated rings. The fourth-order valence-corrected chi connectivity index (χ4v) is 2.88. The Balaban J connectivity index is 1.88. The summed E-state index contributed by atoms with van der Waals surface area (Å²) in [4.78, 5) is 24.3. The number of ether oxygens (including phenoxy) is 3. The maximum absolute atomic E-state index is 12.2. The summed E-state index contributed by atoms with van der Waals surface area (Å²) in [5, 5.41) is 0. The second-order valence-electron chi connectivity index (χ2n) is 5.68. The minimum absolute atomic E-state index is 0.0802. The van der Waals surface area contributed by atoms with Crippen molar-refractivity contribution in [2.75, 3.05) is 7.11 Å². The maximum atomic E-state index is 12.2. The Hall–Kier alpha value is -2.30. The minimum atomic E-state index is -1.03. The number of methoxy groups -OCH3 is 1. The highest BCUT2D eigenvalue weighted by Gasteiger charge is 2.47. The first-order valence-corrected chi connectivity index (χ1v) is 7.36. The lowest BCUT2D eigenvalue weighted by atomic mass is 10.1. The van der Waals surface area contributed by atoms with Crippen LogP contribution in [0.25, 0.3) is 6.08 Å². The van der Waals surface area contributed by atoms with Crippen LogP contribution < -0.4 is 4.74 Å². The molecule has 5 nitrogen and oxygen atoms in total. The van der Waals surface area contributed by atoms with E-state index in [-0.39, 0.29) is 5.57 Å². The molecule has 0 amide bonds. The molecule has 1 saturated heterocycles. The first-order chi connectivity index (χ1) is 10.5. The van der Waals surface area contributed by atoms with E-state index in [2.05, 4.69) is 0 Å². The van der Waals surface area contributed by atoms with E-state index in [0.29, 0.717) is 24.2 Å². The quantitative estimate of drug-likeness (QED) is 0.477. The maximum Gasteiger partial charge on any atom is 0.348 e. The van der Waals surface area contributed by atoms with Crippen LogP contribution in [-0.4, -0.2) is 24.8 Å².